The molecule has 2 rings (SSSR count). The summed E-state index contributed by atoms with van der Waals surface area (Å²) < 4.78 is 4.73. The number of amides is 1. The smallest absolute Gasteiger partial charge is 0.346 e. The fraction of sp³-hybridized carbons (Fsp3) is 0.625. The Bertz CT molecular complexity index is 674. The lowest BCUT2D eigenvalue weighted by Crippen LogP contribution is -2.41. The average molecular weight is 353 g/mol. The monoisotopic (exact) mass is 353 g/mol. The van der Waals surface area contributed by atoms with Crippen molar-refractivity contribution in [3.05, 3.63) is 21.7 Å². The van der Waals surface area contributed by atoms with Gasteiger partial charge in [-0.2, -0.15) is 4.98 Å². The van der Waals surface area contributed by atoms with Gasteiger partial charge in [-0.25, -0.2) is 9.59 Å². The molecule has 0 saturated heterocycles. The molecule has 0 spiro atoms. The second kappa shape index (κ2) is 8.32. The van der Waals surface area contributed by atoms with Crippen molar-refractivity contribution in [2.75, 3.05) is 12.9 Å². The Hall–Kier alpha value is -1.83. The standard InChI is InChI=1S/C16H23N3O4S/c1-9-6-4-5-7-11(9)18-12(20)8-24-14-13(15(21)23-3)10(2)17-16(22)19-14/h9,11H,4-8H2,1-3H3,(H,18,20)(H,17,19,22)/t9-,11-/m1/s1. The number of aromatic amines is 1. The molecule has 0 aromatic carbocycles. The highest BCUT2D eigenvalue weighted by molar-refractivity contribution is 8.00. The van der Waals surface area contributed by atoms with Crippen molar-refractivity contribution in [1.82, 2.24) is 15.3 Å². The molecule has 1 saturated carbocycles. The van der Waals surface area contributed by atoms with Gasteiger partial charge in [0.1, 0.15) is 10.6 Å². The summed E-state index contributed by atoms with van der Waals surface area (Å²) in [4.78, 5) is 41.9. The van der Waals surface area contributed by atoms with E-state index in [1.165, 1.54) is 13.5 Å². The van der Waals surface area contributed by atoms with Crippen LogP contribution in [-0.4, -0.2) is 40.7 Å². The van der Waals surface area contributed by atoms with Gasteiger partial charge in [-0.05, 0) is 25.7 Å². The van der Waals surface area contributed by atoms with Gasteiger partial charge in [0, 0.05) is 11.7 Å². The molecule has 0 radical (unpaired) electrons. The average Bonchev–Trinajstić information content (AvgIpc) is 2.54. The van der Waals surface area contributed by atoms with Crippen LogP contribution in [0.3, 0.4) is 0 Å². The first-order chi connectivity index (χ1) is 11.4. The Kier molecular flexibility index (Phi) is 6.42. The molecule has 24 heavy (non-hydrogen) atoms. The number of nitrogens with zero attached hydrogens (tertiary/aromatic N) is 1. The van der Waals surface area contributed by atoms with E-state index >= 15 is 0 Å². The molecule has 132 valence electrons. The molecule has 7 nitrogen and oxygen atoms in total. The number of rotatable bonds is 5. The number of thioether (sulfide) groups is 1. The van der Waals surface area contributed by atoms with Gasteiger partial charge >= 0.3 is 11.7 Å². The number of carbonyl (C=O) groups excluding carboxylic acids is 2. The molecular formula is C16H23N3O4S. The number of H-pyrrole nitrogens is 1. The minimum absolute atomic E-state index is 0.100. The molecule has 1 aromatic rings. The quantitative estimate of drug-likeness (QED) is 0.474. The van der Waals surface area contributed by atoms with E-state index in [9.17, 15) is 14.4 Å². The third-order valence-electron chi connectivity index (χ3n) is 4.27. The molecule has 1 aliphatic rings. The highest BCUT2D eigenvalue weighted by Crippen LogP contribution is 2.25. The van der Waals surface area contributed by atoms with E-state index in [-0.39, 0.29) is 28.3 Å². The number of nitrogens with one attached hydrogen (secondary N) is 2. The third-order valence-corrected chi connectivity index (χ3v) is 5.25. The van der Waals surface area contributed by atoms with E-state index in [1.54, 1.807) is 6.92 Å². The van der Waals surface area contributed by atoms with Gasteiger partial charge in [0.25, 0.3) is 0 Å². The van der Waals surface area contributed by atoms with Crippen molar-refractivity contribution in [2.45, 2.75) is 50.6 Å². The zero-order valence-electron chi connectivity index (χ0n) is 14.2. The molecule has 0 unspecified atom stereocenters. The fourth-order valence-electron chi connectivity index (χ4n) is 2.92. The minimum Gasteiger partial charge on any atom is -0.465 e. The summed E-state index contributed by atoms with van der Waals surface area (Å²) in [6, 6.07) is 0.195. The fourth-order valence-corrected chi connectivity index (χ4v) is 3.80. The first kappa shape index (κ1) is 18.5. The number of hydrogen-bond donors (Lipinski definition) is 2. The Morgan fingerprint density at radius 1 is 1.38 bits per heavy atom. The molecular weight excluding hydrogens is 330 g/mol. The number of carbonyl (C=O) groups is 2. The SMILES string of the molecule is COC(=O)c1c(SCC(=O)N[C@@H]2CCCC[C@H]2C)nc(=O)[nH]c1C. The Morgan fingerprint density at radius 2 is 2.08 bits per heavy atom. The van der Waals surface area contributed by atoms with Crippen LogP contribution in [0, 0.1) is 12.8 Å². The Labute approximate surface area is 145 Å². The summed E-state index contributed by atoms with van der Waals surface area (Å²) in [5.41, 5.74) is 0.0237. The topological polar surface area (TPSA) is 101 Å². The van der Waals surface area contributed by atoms with E-state index in [4.69, 9.17) is 4.74 Å². The summed E-state index contributed by atoms with van der Waals surface area (Å²) >= 11 is 1.07. The van der Waals surface area contributed by atoms with Crippen molar-refractivity contribution in [3.8, 4) is 0 Å². The number of methoxy groups -OCH3 is 1. The van der Waals surface area contributed by atoms with Crippen molar-refractivity contribution >= 4 is 23.6 Å². The van der Waals surface area contributed by atoms with Crippen LogP contribution in [0.25, 0.3) is 0 Å². The molecule has 0 aliphatic heterocycles. The number of esters is 1. The van der Waals surface area contributed by atoms with Crippen molar-refractivity contribution < 1.29 is 14.3 Å². The third kappa shape index (κ3) is 4.59. The summed E-state index contributed by atoms with van der Waals surface area (Å²) in [6.45, 7) is 3.75. The lowest BCUT2D eigenvalue weighted by Gasteiger charge is -2.29. The van der Waals surface area contributed by atoms with Gasteiger partial charge in [0.05, 0.1) is 12.9 Å². The van der Waals surface area contributed by atoms with Crippen LogP contribution < -0.4 is 11.0 Å². The molecule has 1 aliphatic carbocycles. The Morgan fingerprint density at radius 3 is 2.75 bits per heavy atom. The van der Waals surface area contributed by atoms with Gasteiger partial charge in [-0.1, -0.05) is 31.5 Å². The summed E-state index contributed by atoms with van der Waals surface area (Å²) in [5.74, 6) is -0.129. The van der Waals surface area contributed by atoms with Crippen LogP contribution in [0.4, 0.5) is 0 Å². The summed E-state index contributed by atoms with van der Waals surface area (Å²) in [5, 5.41) is 3.26. The second-order valence-electron chi connectivity index (χ2n) is 6.06. The largest absolute Gasteiger partial charge is 0.465 e. The van der Waals surface area contributed by atoms with Crippen LogP contribution in [0.15, 0.2) is 9.82 Å². The molecule has 0 bridgehead atoms. The normalized spacial score (nSPS) is 20.5. The van der Waals surface area contributed by atoms with E-state index in [2.05, 4.69) is 22.2 Å². The van der Waals surface area contributed by atoms with Crippen LogP contribution in [0.1, 0.15) is 48.7 Å². The van der Waals surface area contributed by atoms with Crippen LogP contribution in [-0.2, 0) is 9.53 Å². The predicted molar refractivity (Wildman–Crippen MR) is 91.2 cm³/mol. The lowest BCUT2D eigenvalue weighted by atomic mass is 9.86. The minimum atomic E-state index is -0.583. The number of ether oxygens (including phenoxy) is 1. The number of aromatic nitrogens is 2. The van der Waals surface area contributed by atoms with Crippen molar-refractivity contribution in [2.24, 2.45) is 5.92 Å². The first-order valence-electron chi connectivity index (χ1n) is 8.03. The van der Waals surface area contributed by atoms with Gasteiger partial charge < -0.3 is 15.0 Å². The van der Waals surface area contributed by atoms with Crippen molar-refractivity contribution in [1.29, 1.82) is 0 Å². The summed E-state index contributed by atoms with van der Waals surface area (Å²) in [6.07, 6.45) is 4.46. The second-order valence-corrected chi connectivity index (χ2v) is 7.03. The van der Waals surface area contributed by atoms with E-state index < -0.39 is 11.7 Å². The number of hydrogen-bond acceptors (Lipinski definition) is 6. The van der Waals surface area contributed by atoms with Crippen molar-refractivity contribution in [3.63, 3.8) is 0 Å². The van der Waals surface area contributed by atoms with Gasteiger partial charge in [-0.3, -0.25) is 4.79 Å². The van der Waals surface area contributed by atoms with E-state index in [1.807, 2.05) is 0 Å². The molecule has 1 amide bonds. The van der Waals surface area contributed by atoms with Crippen LogP contribution in [0.5, 0.6) is 0 Å². The molecule has 1 aromatic heterocycles. The maximum Gasteiger partial charge on any atom is 0.346 e. The van der Waals surface area contributed by atoms with Crippen LogP contribution >= 0.6 is 11.8 Å². The molecule has 1 heterocycles. The molecule has 8 heteroatoms. The van der Waals surface area contributed by atoms with Crippen LogP contribution in [0.2, 0.25) is 0 Å². The summed E-state index contributed by atoms with van der Waals surface area (Å²) in [7, 11) is 1.26. The maximum absolute atomic E-state index is 12.2. The lowest BCUT2D eigenvalue weighted by molar-refractivity contribution is -0.119. The molecule has 2 atom stereocenters. The number of aryl methyl sites for hydroxylation is 1. The zero-order chi connectivity index (χ0) is 17.7. The van der Waals surface area contributed by atoms with Gasteiger partial charge in [0.2, 0.25) is 5.91 Å². The highest BCUT2D eigenvalue weighted by atomic mass is 32.2. The molecule has 1 fully saturated rings. The van der Waals surface area contributed by atoms with Gasteiger partial charge in [-0.15, -0.1) is 0 Å². The predicted octanol–water partition coefficient (Wildman–Crippen LogP) is 1.65. The van der Waals surface area contributed by atoms with Gasteiger partial charge in [0.15, 0.2) is 0 Å². The molecule has 2 N–H and O–H groups in total. The van der Waals surface area contributed by atoms with E-state index in [0.29, 0.717) is 11.6 Å². The maximum atomic E-state index is 12.2. The van der Waals surface area contributed by atoms with E-state index in [0.717, 1.165) is 31.0 Å². The first-order valence-corrected chi connectivity index (χ1v) is 9.02. The Balaban J connectivity index is 2.04. The zero-order valence-corrected chi connectivity index (χ0v) is 15.0. The highest BCUT2D eigenvalue weighted by Gasteiger charge is 2.24.